The Balaban J connectivity index is 2.14. The summed E-state index contributed by atoms with van der Waals surface area (Å²) in [5, 5.41) is 4.21. The van der Waals surface area contributed by atoms with Crippen molar-refractivity contribution in [2.45, 2.75) is 45.6 Å². The Bertz CT molecular complexity index is 406. The number of nitrogens with zero attached hydrogens (tertiary/aromatic N) is 1. The number of rotatable bonds is 2. The number of anilines is 1. The number of nitrogens with one attached hydrogen (secondary N) is 1. The molecule has 1 aliphatic rings. The SMILES string of the molecule is CC1(C)CCCCC1Nc1ncc(Cl)cc1Br. The molecule has 1 heterocycles. The fourth-order valence-electron chi connectivity index (χ4n) is 2.45. The van der Waals surface area contributed by atoms with E-state index in [9.17, 15) is 0 Å². The van der Waals surface area contributed by atoms with Crippen LogP contribution in [-0.4, -0.2) is 11.0 Å². The van der Waals surface area contributed by atoms with Gasteiger partial charge >= 0.3 is 0 Å². The van der Waals surface area contributed by atoms with Gasteiger partial charge in [0.05, 0.1) is 9.50 Å². The Hall–Kier alpha value is -0.280. The van der Waals surface area contributed by atoms with Gasteiger partial charge in [-0.05, 0) is 40.3 Å². The lowest BCUT2D eigenvalue weighted by Gasteiger charge is -2.39. The van der Waals surface area contributed by atoms with E-state index in [4.69, 9.17) is 11.6 Å². The van der Waals surface area contributed by atoms with Crippen molar-refractivity contribution in [3.05, 3.63) is 21.8 Å². The van der Waals surface area contributed by atoms with Gasteiger partial charge in [0.2, 0.25) is 0 Å². The van der Waals surface area contributed by atoms with Gasteiger partial charge in [-0.15, -0.1) is 0 Å². The van der Waals surface area contributed by atoms with E-state index in [2.05, 4.69) is 40.1 Å². The third-order valence-electron chi connectivity index (χ3n) is 3.63. The zero-order chi connectivity index (χ0) is 12.5. The average Bonchev–Trinajstić information content (AvgIpc) is 2.24. The first kappa shape index (κ1) is 13.2. The molecular weight excluding hydrogens is 300 g/mol. The zero-order valence-corrected chi connectivity index (χ0v) is 12.6. The molecule has 0 aliphatic heterocycles. The van der Waals surface area contributed by atoms with Crippen LogP contribution in [0.4, 0.5) is 5.82 Å². The summed E-state index contributed by atoms with van der Waals surface area (Å²) in [4.78, 5) is 4.35. The maximum atomic E-state index is 5.90. The molecule has 17 heavy (non-hydrogen) atoms. The summed E-state index contributed by atoms with van der Waals surface area (Å²) in [6.07, 6.45) is 6.80. The van der Waals surface area contributed by atoms with Crippen molar-refractivity contribution in [2.24, 2.45) is 5.41 Å². The second-order valence-corrected chi connectivity index (χ2v) is 6.71. The molecule has 1 atom stereocenters. The highest BCUT2D eigenvalue weighted by molar-refractivity contribution is 9.10. The number of pyridine rings is 1. The van der Waals surface area contributed by atoms with E-state index >= 15 is 0 Å². The molecule has 0 aromatic carbocycles. The minimum atomic E-state index is 0.332. The predicted molar refractivity (Wildman–Crippen MR) is 76.6 cm³/mol. The maximum Gasteiger partial charge on any atom is 0.140 e. The summed E-state index contributed by atoms with van der Waals surface area (Å²) in [7, 11) is 0. The zero-order valence-electron chi connectivity index (χ0n) is 10.3. The first-order valence-corrected chi connectivity index (χ1v) is 7.24. The fourth-order valence-corrected chi connectivity index (χ4v) is 3.20. The average molecular weight is 318 g/mol. The molecule has 0 amide bonds. The third-order valence-corrected chi connectivity index (χ3v) is 4.44. The van der Waals surface area contributed by atoms with Crippen molar-refractivity contribution in [1.82, 2.24) is 4.98 Å². The van der Waals surface area contributed by atoms with Gasteiger partial charge in [-0.2, -0.15) is 0 Å². The molecule has 0 radical (unpaired) electrons. The Labute approximate surface area is 116 Å². The molecule has 0 spiro atoms. The smallest absolute Gasteiger partial charge is 0.140 e. The van der Waals surface area contributed by atoms with Crippen LogP contribution in [0.15, 0.2) is 16.7 Å². The van der Waals surface area contributed by atoms with Crippen molar-refractivity contribution < 1.29 is 0 Å². The van der Waals surface area contributed by atoms with E-state index in [-0.39, 0.29) is 0 Å². The van der Waals surface area contributed by atoms with E-state index in [1.165, 1.54) is 25.7 Å². The minimum absolute atomic E-state index is 0.332. The summed E-state index contributed by atoms with van der Waals surface area (Å²) in [6.45, 7) is 4.65. The van der Waals surface area contributed by atoms with Crippen LogP contribution in [0.25, 0.3) is 0 Å². The van der Waals surface area contributed by atoms with Crippen LogP contribution in [-0.2, 0) is 0 Å². The van der Waals surface area contributed by atoms with E-state index in [1.807, 2.05) is 6.07 Å². The van der Waals surface area contributed by atoms with E-state index in [0.29, 0.717) is 16.5 Å². The molecule has 2 rings (SSSR count). The Morgan fingerprint density at radius 2 is 2.24 bits per heavy atom. The first-order valence-electron chi connectivity index (χ1n) is 6.06. The molecule has 4 heteroatoms. The summed E-state index contributed by atoms with van der Waals surface area (Å²) in [5.74, 6) is 0.898. The van der Waals surface area contributed by atoms with Gasteiger partial charge in [-0.25, -0.2) is 4.98 Å². The molecule has 1 unspecified atom stereocenters. The van der Waals surface area contributed by atoms with Gasteiger partial charge < -0.3 is 5.32 Å². The Morgan fingerprint density at radius 1 is 1.47 bits per heavy atom. The van der Waals surface area contributed by atoms with E-state index < -0.39 is 0 Å². The molecule has 1 N–H and O–H groups in total. The van der Waals surface area contributed by atoms with Crippen LogP contribution in [0.3, 0.4) is 0 Å². The number of hydrogen-bond acceptors (Lipinski definition) is 2. The summed E-state index contributed by atoms with van der Waals surface area (Å²) in [5.41, 5.74) is 0.332. The highest BCUT2D eigenvalue weighted by atomic mass is 79.9. The third kappa shape index (κ3) is 3.14. The van der Waals surface area contributed by atoms with Gasteiger partial charge in [-0.3, -0.25) is 0 Å². The lowest BCUT2D eigenvalue weighted by atomic mass is 9.73. The highest BCUT2D eigenvalue weighted by Crippen LogP contribution is 2.38. The van der Waals surface area contributed by atoms with Gasteiger partial charge in [0.1, 0.15) is 5.82 Å². The predicted octanol–water partition coefficient (Wildman–Crippen LogP) is 4.88. The van der Waals surface area contributed by atoms with Crippen LogP contribution in [0.2, 0.25) is 5.02 Å². The largest absolute Gasteiger partial charge is 0.366 e. The van der Waals surface area contributed by atoms with Gasteiger partial charge in [0.15, 0.2) is 0 Å². The minimum Gasteiger partial charge on any atom is -0.366 e. The van der Waals surface area contributed by atoms with Gasteiger partial charge in [0, 0.05) is 12.2 Å². The van der Waals surface area contributed by atoms with Crippen LogP contribution in [0.5, 0.6) is 0 Å². The van der Waals surface area contributed by atoms with Crippen molar-refractivity contribution in [2.75, 3.05) is 5.32 Å². The van der Waals surface area contributed by atoms with Gasteiger partial charge in [0.25, 0.3) is 0 Å². The van der Waals surface area contributed by atoms with Crippen LogP contribution >= 0.6 is 27.5 Å². The quantitative estimate of drug-likeness (QED) is 0.841. The molecule has 1 fully saturated rings. The molecule has 1 aliphatic carbocycles. The molecule has 0 saturated heterocycles. The fraction of sp³-hybridized carbons (Fsp3) is 0.615. The van der Waals surface area contributed by atoms with Crippen LogP contribution in [0, 0.1) is 5.41 Å². The van der Waals surface area contributed by atoms with Crippen molar-refractivity contribution in [1.29, 1.82) is 0 Å². The molecule has 1 saturated carbocycles. The highest BCUT2D eigenvalue weighted by Gasteiger charge is 2.32. The maximum absolute atomic E-state index is 5.90. The standard InChI is InChI=1S/C13H18BrClN2/c1-13(2)6-4-3-5-11(13)17-12-10(14)7-9(15)8-16-12/h7-8,11H,3-6H2,1-2H3,(H,16,17). The van der Waals surface area contributed by atoms with Crippen LogP contribution in [0.1, 0.15) is 39.5 Å². The van der Waals surface area contributed by atoms with Crippen molar-refractivity contribution in [3.63, 3.8) is 0 Å². The number of hydrogen-bond donors (Lipinski definition) is 1. The molecule has 0 bridgehead atoms. The Kier molecular flexibility index (Phi) is 3.99. The molecule has 1 aromatic heterocycles. The first-order chi connectivity index (χ1) is 7.99. The summed E-state index contributed by atoms with van der Waals surface area (Å²) >= 11 is 9.40. The lowest BCUT2D eigenvalue weighted by molar-refractivity contribution is 0.216. The molecule has 1 aromatic rings. The normalized spacial score (nSPS) is 23.4. The molecule has 94 valence electrons. The Morgan fingerprint density at radius 3 is 2.88 bits per heavy atom. The number of aromatic nitrogens is 1. The van der Waals surface area contributed by atoms with Crippen LogP contribution < -0.4 is 5.32 Å². The lowest BCUT2D eigenvalue weighted by Crippen LogP contribution is -2.39. The van der Waals surface area contributed by atoms with E-state index in [0.717, 1.165) is 10.3 Å². The van der Waals surface area contributed by atoms with Gasteiger partial charge in [-0.1, -0.05) is 38.3 Å². The second-order valence-electron chi connectivity index (χ2n) is 5.42. The summed E-state index contributed by atoms with van der Waals surface area (Å²) in [6, 6.07) is 2.37. The number of halogens is 2. The van der Waals surface area contributed by atoms with Crippen molar-refractivity contribution >= 4 is 33.3 Å². The van der Waals surface area contributed by atoms with Crippen molar-refractivity contribution in [3.8, 4) is 0 Å². The topological polar surface area (TPSA) is 24.9 Å². The second kappa shape index (κ2) is 5.15. The molecule has 2 nitrogen and oxygen atoms in total. The molecular formula is C13H18BrClN2. The van der Waals surface area contributed by atoms with E-state index in [1.54, 1.807) is 6.20 Å². The monoisotopic (exact) mass is 316 g/mol. The summed E-state index contributed by atoms with van der Waals surface area (Å²) < 4.78 is 0.936.